The van der Waals surface area contributed by atoms with E-state index in [0.29, 0.717) is 5.92 Å². The van der Waals surface area contributed by atoms with Gasteiger partial charge >= 0.3 is 0 Å². The molecule has 0 amide bonds. The molecular formula is C16H32O2. The van der Waals surface area contributed by atoms with E-state index in [1.807, 2.05) is 0 Å². The van der Waals surface area contributed by atoms with Gasteiger partial charge < -0.3 is 9.84 Å². The molecule has 1 aliphatic rings. The van der Waals surface area contributed by atoms with E-state index in [1.165, 1.54) is 6.42 Å². The topological polar surface area (TPSA) is 29.5 Å². The van der Waals surface area contributed by atoms with E-state index in [-0.39, 0.29) is 11.0 Å². The molecule has 0 aromatic rings. The predicted molar refractivity (Wildman–Crippen MR) is 76.7 cm³/mol. The van der Waals surface area contributed by atoms with Crippen molar-refractivity contribution >= 4 is 0 Å². The molecule has 0 aromatic heterocycles. The number of hydrogen-bond acceptors (Lipinski definition) is 2. The first-order valence-electron chi connectivity index (χ1n) is 7.38. The van der Waals surface area contributed by atoms with Gasteiger partial charge in [-0.05, 0) is 50.9 Å². The van der Waals surface area contributed by atoms with Gasteiger partial charge in [-0.2, -0.15) is 0 Å². The van der Waals surface area contributed by atoms with E-state index in [0.717, 1.165) is 32.1 Å². The van der Waals surface area contributed by atoms with Crippen molar-refractivity contribution in [2.45, 2.75) is 84.3 Å². The molecule has 0 aromatic carbocycles. The molecule has 0 aliphatic heterocycles. The van der Waals surface area contributed by atoms with Crippen molar-refractivity contribution in [3.8, 4) is 0 Å². The fourth-order valence-corrected chi connectivity index (χ4v) is 3.38. The van der Waals surface area contributed by atoms with Crippen molar-refractivity contribution in [3.63, 3.8) is 0 Å². The second-order valence-electron chi connectivity index (χ2n) is 7.73. The van der Waals surface area contributed by atoms with E-state index in [2.05, 4.69) is 34.6 Å². The molecule has 1 fully saturated rings. The summed E-state index contributed by atoms with van der Waals surface area (Å²) in [6.07, 6.45) is 6.32. The van der Waals surface area contributed by atoms with Gasteiger partial charge in [-0.15, -0.1) is 0 Å². The van der Waals surface area contributed by atoms with Crippen LogP contribution in [0, 0.1) is 11.3 Å². The predicted octanol–water partition coefficient (Wildman–Crippen LogP) is 4.16. The zero-order valence-electron chi connectivity index (χ0n) is 13.2. The molecule has 2 nitrogen and oxygen atoms in total. The van der Waals surface area contributed by atoms with E-state index >= 15 is 0 Å². The zero-order valence-corrected chi connectivity index (χ0v) is 13.2. The molecule has 1 N–H and O–H groups in total. The van der Waals surface area contributed by atoms with Crippen LogP contribution in [0.25, 0.3) is 0 Å². The molecule has 2 heteroatoms. The smallest absolute Gasteiger partial charge is 0.0681 e. The van der Waals surface area contributed by atoms with E-state index in [1.54, 1.807) is 7.11 Å². The highest BCUT2D eigenvalue weighted by molar-refractivity contribution is 4.96. The molecule has 2 atom stereocenters. The zero-order chi connectivity index (χ0) is 14.0. The van der Waals surface area contributed by atoms with E-state index in [9.17, 15) is 5.11 Å². The van der Waals surface area contributed by atoms with Crippen molar-refractivity contribution in [2.24, 2.45) is 11.3 Å². The lowest BCUT2D eigenvalue weighted by Gasteiger charge is -2.47. The fourth-order valence-electron chi connectivity index (χ4n) is 3.38. The highest BCUT2D eigenvalue weighted by Gasteiger charge is 2.45. The Morgan fingerprint density at radius 3 is 2.28 bits per heavy atom. The van der Waals surface area contributed by atoms with Crippen LogP contribution in [-0.2, 0) is 4.74 Å². The Morgan fingerprint density at radius 2 is 1.78 bits per heavy atom. The molecule has 2 unspecified atom stereocenters. The Labute approximate surface area is 113 Å². The normalized spacial score (nSPS) is 30.5. The van der Waals surface area contributed by atoms with Gasteiger partial charge in [-0.3, -0.25) is 0 Å². The van der Waals surface area contributed by atoms with Gasteiger partial charge in [0.25, 0.3) is 0 Å². The minimum atomic E-state index is -0.494. The monoisotopic (exact) mass is 256 g/mol. The van der Waals surface area contributed by atoms with Gasteiger partial charge in [0.15, 0.2) is 0 Å². The molecule has 18 heavy (non-hydrogen) atoms. The standard InChI is InChI=1S/C16H32O2/c1-14(2,3)13-9-7-8-10-16(13,17)12-11-15(4,5)18-6/h13,17H,7-12H2,1-6H3. The first-order valence-corrected chi connectivity index (χ1v) is 7.38. The Bertz CT molecular complexity index is 265. The molecule has 0 saturated heterocycles. The van der Waals surface area contributed by atoms with Crippen molar-refractivity contribution in [2.75, 3.05) is 7.11 Å². The highest BCUT2D eigenvalue weighted by Crippen LogP contribution is 2.47. The Balaban J connectivity index is 2.74. The maximum Gasteiger partial charge on any atom is 0.0681 e. The maximum absolute atomic E-state index is 11.1. The van der Waals surface area contributed by atoms with Gasteiger partial charge in [0.1, 0.15) is 0 Å². The van der Waals surface area contributed by atoms with Crippen LogP contribution in [0.4, 0.5) is 0 Å². The summed E-state index contributed by atoms with van der Waals surface area (Å²) < 4.78 is 5.48. The average molecular weight is 256 g/mol. The van der Waals surface area contributed by atoms with Crippen LogP contribution >= 0.6 is 0 Å². The van der Waals surface area contributed by atoms with Gasteiger partial charge in [0.05, 0.1) is 11.2 Å². The molecule has 0 heterocycles. The van der Waals surface area contributed by atoms with Gasteiger partial charge in [-0.25, -0.2) is 0 Å². The Hall–Kier alpha value is -0.0800. The molecule has 1 rings (SSSR count). The van der Waals surface area contributed by atoms with Crippen molar-refractivity contribution in [1.82, 2.24) is 0 Å². The quantitative estimate of drug-likeness (QED) is 0.818. The van der Waals surface area contributed by atoms with Crippen molar-refractivity contribution in [1.29, 1.82) is 0 Å². The van der Waals surface area contributed by atoms with Gasteiger partial charge in [-0.1, -0.05) is 33.6 Å². The molecule has 108 valence electrons. The van der Waals surface area contributed by atoms with Crippen LogP contribution in [0.3, 0.4) is 0 Å². The third-order valence-electron chi connectivity index (χ3n) is 4.76. The summed E-state index contributed by atoms with van der Waals surface area (Å²) in [7, 11) is 1.76. The number of ether oxygens (including phenoxy) is 1. The maximum atomic E-state index is 11.1. The Morgan fingerprint density at radius 1 is 1.17 bits per heavy atom. The van der Waals surface area contributed by atoms with Crippen LogP contribution < -0.4 is 0 Å². The third kappa shape index (κ3) is 3.96. The molecule has 1 saturated carbocycles. The second kappa shape index (κ2) is 5.50. The highest BCUT2D eigenvalue weighted by atomic mass is 16.5. The molecule has 0 spiro atoms. The summed E-state index contributed by atoms with van der Waals surface area (Å²) in [5.74, 6) is 0.409. The average Bonchev–Trinajstić information content (AvgIpc) is 2.26. The molecule has 1 aliphatic carbocycles. The second-order valence-corrected chi connectivity index (χ2v) is 7.73. The number of aliphatic hydroxyl groups is 1. The minimum absolute atomic E-state index is 0.129. The van der Waals surface area contributed by atoms with E-state index < -0.39 is 5.60 Å². The molecule has 0 bridgehead atoms. The van der Waals surface area contributed by atoms with Gasteiger partial charge in [0, 0.05) is 7.11 Å². The summed E-state index contributed by atoms with van der Waals surface area (Å²) >= 11 is 0. The minimum Gasteiger partial charge on any atom is -0.390 e. The fraction of sp³-hybridized carbons (Fsp3) is 1.00. The summed E-state index contributed by atoms with van der Waals surface area (Å²) in [6.45, 7) is 11.0. The molecular weight excluding hydrogens is 224 g/mol. The lowest BCUT2D eigenvalue weighted by molar-refractivity contribution is -0.108. The van der Waals surface area contributed by atoms with Crippen LogP contribution in [0.2, 0.25) is 0 Å². The van der Waals surface area contributed by atoms with Crippen LogP contribution in [0.1, 0.15) is 73.1 Å². The molecule has 0 radical (unpaired) electrons. The van der Waals surface area contributed by atoms with Crippen LogP contribution in [0.5, 0.6) is 0 Å². The lowest BCUT2D eigenvalue weighted by atomic mass is 9.62. The lowest BCUT2D eigenvalue weighted by Crippen LogP contribution is -2.47. The largest absolute Gasteiger partial charge is 0.390 e. The third-order valence-corrected chi connectivity index (χ3v) is 4.76. The van der Waals surface area contributed by atoms with Gasteiger partial charge in [0.2, 0.25) is 0 Å². The van der Waals surface area contributed by atoms with Crippen LogP contribution in [-0.4, -0.2) is 23.4 Å². The number of rotatable bonds is 4. The summed E-state index contributed by atoms with van der Waals surface area (Å²) in [6, 6.07) is 0. The summed E-state index contributed by atoms with van der Waals surface area (Å²) in [5, 5.41) is 11.1. The first kappa shape index (κ1) is 16.0. The first-order chi connectivity index (χ1) is 8.11. The number of methoxy groups -OCH3 is 1. The van der Waals surface area contributed by atoms with Crippen LogP contribution in [0.15, 0.2) is 0 Å². The Kier molecular flexibility index (Phi) is 4.88. The number of hydrogen-bond donors (Lipinski definition) is 1. The summed E-state index contributed by atoms with van der Waals surface area (Å²) in [5.41, 5.74) is -0.436. The summed E-state index contributed by atoms with van der Waals surface area (Å²) in [4.78, 5) is 0. The van der Waals surface area contributed by atoms with Crippen molar-refractivity contribution < 1.29 is 9.84 Å². The van der Waals surface area contributed by atoms with E-state index in [4.69, 9.17) is 4.74 Å². The van der Waals surface area contributed by atoms with Crippen molar-refractivity contribution in [3.05, 3.63) is 0 Å². The SMILES string of the molecule is COC(C)(C)CCC1(O)CCCCC1C(C)(C)C.